The number of aromatic nitrogens is 2. The molecule has 5 heteroatoms. The maximum absolute atomic E-state index is 11.8. The topological polar surface area (TPSA) is 56.2 Å². The fourth-order valence-corrected chi connectivity index (χ4v) is 3.90. The summed E-state index contributed by atoms with van der Waals surface area (Å²) in [4.78, 5) is 16.6. The second kappa shape index (κ2) is 10.3. The first-order valence-corrected chi connectivity index (χ1v) is 11.5. The van der Waals surface area contributed by atoms with Crippen LogP contribution in [0.15, 0.2) is 66.7 Å². The van der Waals surface area contributed by atoms with Crippen molar-refractivity contribution in [1.29, 1.82) is 0 Å². The zero-order chi connectivity index (χ0) is 22.3. The van der Waals surface area contributed by atoms with E-state index in [9.17, 15) is 4.79 Å². The van der Waals surface area contributed by atoms with Gasteiger partial charge in [-0.1, -0.05) is 56.3 Å². The lowest BCUT2D eigenvalue weighted by atomic mass is 10.1. The van der Waals surface area contributed by atoms with Gasteiger partial charge in [0.2, 0.25) is 5.91 Å². The molecule has 1 aromatic heterocycles. The van der Waals surface area contributed by atoms with E-state index < -0.39 is 0 Å². The second-order valence-electron chi connectivity index (χ2n) is 8.43. The monoisotopic (exact) mass is 429 g/mol. The fourth-order valence-electron chi connectivity index (χ4n) is 3.90. The Morgan fingerprint density at radius 3 is 2.62 bits per heavy atom. The third-order valence-electron chi connectivity index (χ3n) is 5.65. The zero-order valence-corrected chi connectivity index (χ0v) is 18.9. The van der Waals surface area contributed by atoms with Gasteiger partial charge >= 0.3 is 0 Å². The summed E-state index contributed by atoms with van der Waals surface area (Å²) in [6.07, 6.45) is 2.60. The van der Waals surface area contributed by atoms with E-state index >= 15 is 0 Å². The van der Waals surface area contributed by atoms with Crippen LogP contribution in [-0.4, -0.2) is 28.6 Å². The van der Waals surface area contributed by atoms with Gasteiger partial charge in [-0.15, -0.1) is 0 Å². The SMILES string of the molecule is CC(C)C(=O)NCCCc1nc2ccccc2n1CCCOc1ccc2ccccc2c1. The van der Waals surface area contributed by atoms with Crippen molar-refractivity contribution in [2.45, 2.75) is 39.7 Å². The molecule has 0 aliphatic rings. The lowest BCUT2D eigenvalue weighted by Gasteiger charge is -2.11. The van der Waals surface area contributed by atoms with Crippen LogP contribution in [0.1, 0.15) is 32.5 Å². The summed E-state index contributed by atoms with van der Waals surface area (Å²) in [5.74, 6) is 2.09. The summed E-state index contributed by atoms with van der Waals surface area (Å²) in [6.45, 7) is 5.99. The molecule has 0 atom stereocenters. The molecule has 0 bridgehead atoms. The first-order chi connectivity index (χ1) is 15.6. The first kappa shape index (κ1) is 21.9. The normalized spacial score (nSPS) is 11.3. The number of amides is 1. The number of benzene rings is 3. The van der Waals surface area contributed by atoms with Crippen molar-refractivity contribution in [2.24, 2.45) is 5.92 Å². The van der Waals surface area contributed by atoms with Crippen molar-refractivity contribution in [3.8, 4) is 5.75 Å². The Balaban J connectivity index is 1.35. The summed E-state index contributed by atoms with van der Waals surface area (Å²) in [6, 6.07) is 22.8. The van der Waals surface area contributed by atoms with Gasteiger partial charge in [0.15, 0.2) is 0 Å². The number of carbonyl (C=O) groups excluding carboxylic acids is 1. The lowest BCUT2D eigenvalue weighted by molar-refractivity contribution is -0.123. The molecule has 1 amide bonds. The number of hydrogen-bond acceptors (Lipinski definition) is 3. The van der Waals surface area contributed by atoms with E-state index in [2.05, 4.69) is 52.3 Å². The van der Waals surface area contributed by atoms with Crippen LogP contribution >= 0.6 is 0 Å². The number of para-hydroxylation sites is 2. The van der Waals surface area contributed by atoms with E-state index in [0.717, 1.165) is 48.4 Å². The van der Waals surface area contributed by atoms with Gasteiger partial charge in [0, 0.05) is 25.4 Å². The molecule has 0 aliphatic carbocycles. The number of nitrogens with one attached hydrogen (secondary N) is 1. The lowest BCUT2D eigenvalue weighted by Crippen LogP contribution is -2.28. The maximum atomic E-state index is 11.8. The molecule has 32 heavy (non-hydrogen) atoms. The molecule has 0 aliphatic heterocycles. The number of rotatable bonds is 10. The van der Waals surface area contributed by atoms with Crippen molar-refractivity contribution < 1.29 is 9.53 Å². The van der Waals surface area contributed by atoms with Gasteiger partial charge in [-0.05, 0) is 47.9 Å². The molecule has 0 saturated heterocycles. The van der Waals surface area contributed by atoms with E-state index in [4.69, 9.17) is 9.72 Å². The van der Waals surface area contributed by atoms with Crippen LogP contribution in [0.2, 0.25) is 0 Å². The minimum atomic E-state index is 0.0159. The largest absolute Gasteiger partial charge is 0.494 e. The highest BCUT2D eigenvalue weighted by atomic mass is 16.5. The molecule has 4 rings (SSSR count). The summed E-state index contributed by atoms with van der Waals surface area (Å²) in [7, 11) is 0. The molecule has 1 heterocycles. The maximum Gasteiger partial charge on any atom is 0.222 e. The van der Waals surface area contributed by atoms with Crippen LogP contribution in [0.3, 0.4) is 0 Å². The number of aryl methyl sites for hydroxylation is 2. The summed E-state index contributed by atoms with van der Waals surface area (Å²) in [5.41, 5.74) is 2.17. The van der Waals surface area contributed by atoms with E-state index in [-0.39, 0.29) is 11.8 Å². The quantitative estimate of drug-likeness (QED) is 0.345. The van der Waals surface area contributed by atoms with Gasteiger partial charge in [0.25, 0.3) is 0 Å². The minimum absolute atomic E-state index is 0.0159. The zero-order valence-electron chi connectivity index (χ0n) is 18.9. The standard InChI is InChI=1S/C27H31N3O2/c1-20(2)27(31)28-16-7-13-26-29-24-11-5-6-12-25(24)30(26)17-8-18-32-23-15-14-21-9-3-4-10-22(21)19-23/h3-6,9-12,14-15,19-20H,7-8,13,16-18H2,1-2H3,(H,28,31). The van der Waals surface area contributed by atoms with Gasteiger partial charge in [-0.2, -0.15) is 0 Å². The van der Waals surface area contributed by atoms with Crippen LogP contribution in [0.25, 0.3) is 21.8 Å². The molecule has 4 aromatic rings. The third-order valence-corrected chi connectivity index (χ3v) is 5.65. The molecular formula is C27H31N3O2. The Morgan fingerprint density at radius 1 is 1.00 bits per heavy atom. The molecule has 0 fully saturated rings. The van der Waals surface area contributed by atoms with Crippen LogP contribution in [0.4, 0.5) is 0 Å². The predicted molar refractivity (Wildman–Crippen MR) is 130 cm³/mol. The van der Waals surface area contributed by atoms with Crippen LogP contribution < -0.4 is 10.1 Å². The Morgan fingerprint density at radius 2 is 1.78 bits per heavy atom. The van der Waals surface area contributed by atoms with Crippen molar-refractivity contribution >= 4 is 27.7 Å². The van der Waals surface area contributed by atoms with E-state index in [1.54, 1.807) is 0 Å². The van der Waals surface area contributed by atoms with Crippen molar-refractivity contribution in [2.75, 3.05) is 13.2 Å². The summed E-state index contributed by atoms with van der Waals surface area (Å²) >= 11 is 0. The molecule has 5 nitrogen and oxygen atoms in total. The molecule has 0 radical (unpaired) electrons. The molecule has 0 saturated carbocycles. The smallest absolute Gasteiger partial charge is 0.222 e. The summed E-state index contributed by atoms with van der Waals surface area (Å²) < 4.78 is 8.33. The first-order valence-electron chi connectivity index (χ1n) is 11.5. The van der Waals surface area contributed by atoms with Gasteiger partial charge in [0.1, 0.15) is 11.6 Å². The summed E-state index contributed by atoms with van der Waals surface area (Å²) in [5, 5.41) is 5.41. The number of nitrogens with zero attached hydrogens (tertiary/aromatic N) is 2. The van der Waals surface area contributed by atoms with Crippen molar-refractivity contribution in [1.82, 2.24) is 14.9 Å². The van der Waals surface area contributed by atoms with Crippen LogP contribution in [0, 0.1) is 5.92 Å². The Kier molecular flexibility index (Phi) is 7.05. The number of ether oxygens (including phenoxy) is 1. The molecule has 0 unspecified atom stereocenters. The number of carbonyl (C=O) groups is 1. The average molecular weight is 430 g/mol. The number of fused-ring (bicyclic) bond motifs is 2. The number of hydrogen-bond donors (Lipinski definition) is 1. The molecule has 166 valence electrons. The molecule has 3 aromatic carbocycles. The Bertz CT molecular complexity index is 1200. The second-order valence-corrected chi connectivity index (χ2v) is 8.43. The third kappa shape index (κ3) is 5.28. The minimum Gasteiger partial charge on any atom is -0.494 e. The Hall–Kier alpha value is -3.34. The van der Waals surface area contributed by atoms with Gasteiger partial charge in [0.05, 0.1) is 17.6 Å². The predicted octanol–water partition coefficient (Wildman–Crippen LogP) is 5.36. The van der Waals surface area contributed by atoms with Crippen molar-refractivity contribution in [3.05, 3.63) is 72.6 Å². The average Bonchev–Trinajstić information content (AvgIpc) is 3.16. The highest BCUT2D eigenvalue weighted by molar-refractivity contribution is 5.83. The van der Waals surface area contributed by atoms with Gasteiger partial charge in [-0.25, -0.2) is 4.98 Å². The van der Waals surface area contributed by atoms with E-state index in [0.29, 0.717) is 13.2 Å². The van der Waals surface area contributed by atoms with Gasteiger partial charge < -0.3 is 14.6 Å². The highest BCUT2D eigenvalue weighted by Gasteiger charge is 2.11. The fraction of sp³-hybridized carbons (Fsp3) is 0.333. The van der Waals surface area contributed by atoms with Gasteiger partial charge in [-0.3, -0.25) is 4.79 Å². The molecule has 0 spiro atoms. The van der Waals surface area contributed by atoms with Crippen molar-refractivity contribution in [3.63, 3.8) is 0 Å². The molecule has 1 N–H and O–H groups in total. The van der Waals surface area contributed by atoms with E-state index in [1.807, 2.05) is 38.1 Å². The van der Waals surface area contributed by atoms with Crippen LogP contribution in [0.5, 0.6) is 5.75 Å². The molecular weight excluding hydrogens is 398 g/mol. The Labute approximate surface area is 189 Å². The van der Waals surface area contributed by atoms with E-state index in [1.165, 1.54) is 10.8 Å². The number of imidazole rings is 1. The van der Waals surface area contributed by atoms with Crippen LogP contribution in [-0.2, 0) is 17.8 Å². The highest BCUT2D eigenvalue weighted by Crippen LogP contribution is 2.21.